The number of amides is 2. The van der Waals surface area contributed by atoms with Crippen LogP contribution in [0.3, 0.4) is 0 Å². The van der Waals surface area contributed by atoms with Gasteiger partial charge in [0.1, 0.15) is 12.0 Å². The van der Waals surface area contributed by atoms with Crippen molar-refractivity contribution in [2.24, 2.45) is 5.73 Å². The zero-order valence-corrected chi connectivity index (χ0v) is 13.7. The van der Waals surface area contributed by atoms with Crippen molar-refractivity contribution in [1.29, 1.82) is 0 Å². The Labute approximate surface area is 140 Å². The van der Waals surface area contributed by atoms with E-state index in [0.29, 0.717) is 22.6 Å². The minimum Gasteiger partial charge on any atom is -0.467 e. The highest BCUT2D eigenvalue weighted by Crippen LogP contribution is 2.23. The van der Waals surface area contributed by atoms with Crippen molar-refractivity contribution in [1.82, 2.24) is 4.90 Å². The molecule has 1 aromatic heterocycles. The summed E-state index contributed by atoms with van der Waals surface area (Å²) in [5.74, 6) is 0.289. The van der Waals surface area contributed by atoms with E-state index in [0.717, 1.165) is 31.5 Å². The van der Waals surface area contributed by atoms with Crippen LogP contribution in [0.15, 0.2) is 34.9 Å². The molecule has 0 saturated carbocycles. The molecule has 1 fully saturated rings. The Morgan fingerprint density at radius 1 is 1.29 bits per heavy atom. The number of carbonyl (C=O) groups is 2. The summed E-state index contributed by atoms with van der Waals surface area (Å²) < 4.78 is 5.19. The first-order valence-electron chi connectivity index (χ1n) is 8.08. The molecule has 2 heterocycles. The monoisotopic (exact) mass is 327 g/mol. The summed E-state index contributed by atoms with van der Waals surface area (Å²) in [7, 11) is 0. The third-order valence-electron chi connectivity index (χ3n) is 4.32. The first-order valence-corrected chi connectivity index (χ1v) is 8.08. The fraction of sp³-hybridized carbons (Fsp3) is 0.333. The van der Waals surface area contributed by atoms with E-state index in [4.69, 9.17) is 10.2 Å². The number of hydrogen-bond acceptors (Lipinski definition) is 4. The predicted molar refractivity (Wildman–Crippen MR) is 90.9 cm³/mol. The van der Waals surface area contributed by atoms with Crippen LogP contribution in [-0.2, 0) is 6.54 Å². The quantitative estimate of drug-likeness (QED) is 0.903. The molecule has 0 spiro atoms. The molecule has 1 aliphatic rings. The van der Waals surface area contributed by atoms with Crippen LogP contribution >= 0.6 is 0 Å². The molecule has 3 N–H and O–H groups in total. The van der Waals surface area contributed by atoms with Gasteiger partial charge in [-0.15, -0.1) is 0 Å². The largest absolute Gasteiger partial charge is 0.467 e. The number of carbonyl (C=O) groups excluding carboxylic acids is 2. The molecule has 6 nitrogen and oxygen atoms in total. The number of likely N-dealkylation sites (tertiary alicyclic amines) is 1. The van der Waals surface area contributed by atoms with Gasteiger partial charge < -0.3 is 20.4 Å². The molecule has 0 unspecified atom stereocenters. The van der Waals surface area contributed by atoms with Gasteiger partial charge in [-0.2, -0.15) is 0 Å². The fourth-order valence-corrected chi connectivity index (χ4v) is 2.89. The van der Waals surface area contributed by atoms with Crippen LogP contribution in [0.5, 0.6) is 0 Å². The highest BCUT2D eigenvalue weighted by atomic mass is 16.3. The maximum atomic E-state index is 12.6. The van der Waals surface area contributed by atoms with Gasteiger partial charge in [0.25, 0.3) is 11.8 Å². The summed E-state index contributed by atoms with van der Waals surface area (Å²) in [6.07, 6.45) is 3.47. The van der Waals surface area contributed by atoms with E-state index in [9.17, 15) is 9.59 Å². The van der Waals surface area contributed by atoms with Gasteiger partial charge in [-0.3, -0.25) is 9.59 Å². The van der Waals surface area contributed by atoms with E-state index >= 15 is 0 Å². The molecule has 2 aromatic rings. The van der Waals surface area contributed by atoms with Gasteiger partial charge in [0.15, 0.2) is 0 Å². The summed E-state index contributed by atoms with van der Waals surface area (Å²) in [5, 5.41) is 2.84. The lowest BCUT2D eigenvalue weighted by Crippen LogP contribution is -2.28. The molecule has 0 atom stereocenters. The van der Waals surface area contributed by atoms with Gasteiger partial charge in [-0.05, 0) is 43.5 Å². The molecule has 3 rings (SSSR count). The van der Waals surface area contributed by atoms with Crippen molar-refractivity contribution in [2.75, 3.05) is 18.4 Å². The highest BCUT2D eigenvalue weighted by molar-refractivity contribution is 6.06. The summed E-state index contributed by atoms with van der Waals surface area (Å²) >= 11 is 0. The Bertz CT molecular complexity index is 761. The van der Waals surface area contributed by atoms with Crippen molar-refractivity contribution in [3.8, 4) is 0 Å². The lowest BCUT2D eigenvalue weighted by molar-refractivity contribution is 0.0791. The van der Waals surface area contributed by atoms with Crippen molar-refractivity contribution in [3.63, 3.8) is 0 Å². The van der Waals surface area contributed by atoms with Crippen molar-refractivity contribution < 1.29 is 14.0 Å². The van der Waals surface area contributed by atoms with Gasteiger partial charge in [0, 0.05) is 24.3 Å². The fourth-order valence-electron chi connectivity index (χ4n) is 2.89. The molecule has 1 aromatic carbocycles. The molecule has 6 heteroatoms. The van der Waals surface area contributed by atoms with E-state index in [2.05, 4.69) is 5.32 Å². The molecule has 126 valence electrons. The number of nitrogens with one attached hydrogen (secondary N) is 1. The first-order chi connectivity index (χ1) is 11.6. The van der Waals surface area contributed by atoms with Gasteiger partial charge in [0.05, 0.1) is 12.1 Å². The summed E-state index contributed by atoms with van der Waals surface area (Å²) in [4.78, 5) is 26.8. The van der Waals surface area contributed by atoms with Crippen LogP contribution in [-0.4, -0.2) is 29.8 Å². The lowest BCUT2D eigenvalue weighted by Gasteiger charge is -2.18. The number of furan rings is 1. The Kier molecular flexibility index (Phi) is 4.66. The molecule has 0 radical (unpaired) electrons. The Balaban J connectivity index is 1.79. The zero-order valence-electron chi connectivity index (χ0n) is 13.7. The second-order valence-electron chi connectivity index (χ2n) is 5.94. The number of hydrogen-bond donors (Lipinski definition) is 2. The second kappa shape index (κ2) is 6.88. The van der Waals surface area contributed by atoms with E-state index in [1.165, 1.54) is 6.26 Å². The minimum atomic E-state index is -0.285. The van der Waals surface area contributed by atoms with Gasteiger partial charge in [-0.25, -0.2) is 0 Å². The second-order valence-corrected chi connectivity index (χ2v) is 5.94. The zero-order chi connectivity index (χ0) is 17.1. The topological polar surface area (TPSA) is 88.6 Å². The van der Waals surface area contributed by atoms with Crippen molar-refractivity contribution in [2.45, 2.75) is 26.3 Å². The molecule has 0 bridgehead atoms. The van der Waals surface area contributed by atoms with Crippen molar-refractivity contribution >= 4 is 17.5 Å². The number of nitrogens with two attached hydrogens (primary N) is 1. The van der Waals surface area contributed by atoms with Crippen LogP contribution in [0.2, 0.25) is 0 Å². The molecule has 1 saturated heterocycles. The standard InChI is InChI=1S/C18H21N3O3/c1-12-15(18(23)21-7-2-3-8-21)5-4-6-16(12)20-17(22)13-9-14(10-19)24-11-13/h4-6,9,11H,2-3,7-8,10,19H2,1H3,(H,20,22). The molecule has 0 aliphatic carbocycles. The van der Waals surface area contributed by atoms with E-state index < -0.39 is 0 Å². The van der Waals surface area contributed by atoms with Crippen LogP contribution in [0.1, 0.15) is 44.9 Å². The average molecular weight is 327 g/mol. The summed E-state index contributed by atoms with van der Waals surface area (Å²) in [6, 6.07) is 6.99. The Morgan fingerprint density at radius 2 is 2.04 bits per heavy atom. The SMILES string of the molecule is Cc1c(NC(=O)c2coc(CN)c2)cccc1C(=O)N1CCCC1. The number of rotatable bonds is 4. The predicted octanol–water partition coefficient (Wildman–Crippen LogP) is 2.54. The maximum absolute atomic E-state index is 12.6. The average Bonchev–Trinajstić information content (AvgIpc) is 3.27. The lowest BCUT2D eigenvalue weighted by atomic mass is 10.1. The normalized spacial score (nSPS) is 14.0. The molecule has 2 amide bonds. The van der Waals surface area contributed by atoms with Crippen LogP contribution < -0.4 is 11.1 Å². The van der Waals surface area contributed by atoms with E-state index in [-0.39, 0.29) is 18.4 Å². The third-order valence-corrected chi connectivity index (χ3v) is 4.32. The minimum absolute atomic E-state index is 0.0230. The molecule has 1 aliphatic heterocycles. The van der Waals surface area contributed by atoms with Gasteiger partial charge in [0.2, 0.25) is 0 Å². The number of nitrogens with zero attached hydrogens (tertiary/aromatic N) is 1. The van der Waals surface area contributed by atoms with Gasteiger partial charge in [-0.1, -0.05) is 6.07 Å². The van der Waals surface area contributed by atoms with Crippen LogP contribution in [0.25, 0.3) is 0 Å². The summed E-state index contributed by atoms with van der Waals surface area (Å²) in [6.45, 7) is 3.68. The maximum Gasteiger partial charge on any atom is 0.258 e. The molecular weight excluding hydrogens is 306 g/mol. The highest BCUT2D eigenvalue weighted by Gasteiger charge is 2.22. The summed E-state index contributed by atoms with van der Waals surface area (Å²) in [5.41, 5.74) is 7.92. The number of anilines is 1. The smallest absolute Gasteiger partial charge is 0.258 e. The Morgan fingerprint density at radius 3 is 2.71 bits per heavy atom. The molecule has 24 heavy (non-hydrogen) atoms. The first kappa shape index (κ1) is 16.3. The van der Waals surface area contributed by atoms with Crippen LogP contribution in [0.4, 0.5) is 5.69 Å². The van der Waals surface area contributed by atoms with Gasteiger partial charge >= 0.3 is 0 Å². The number of benzene rings is 1. The van der Waals surface area contributed by atoms with Crippen molar-refractivity contribution in [3.05, 3.63) is 53.0 Å². The van der Waals surface area contributed by atoms with E-state index in [1.54, 1.807) is 24.3 Å². The van der Waals surface area contributed by atoms with E-state index in [1.807, 2.05) is 11.8 Å². The molecular formula is C18H21N3O3. The third kappa shape index (κ3) is 3.19. The Hall–Kier alpha value is -2.60. The van der Waals surface area contributed by atoms with Crippen LogP contribution in [0, 0.1) is 6.92 Å².